The summed E-state index contributed by atoms with van der Waals surface area (Å²) in [6, 6.07) is 0. The second kappa shape index (κ2) is 5.29. The SMILES string of the molecule is O=C(Nc1c(F)c(F)c(F)c(F)c1F)c1nnc(Cl)s1. The Kier molecular flexibility index (Phi) is 3.86. The van der Waals surface area contributed by atoms with Crippen LogP contribution in [0.25, 0.3) is 0 Å². The van der Waals surface area contributed by atoms with Gasteiger partial charge >= 0.3 is 0 Å². The van der Waals surface area contributed by atoms with Crippen molar-refractivity contribution in [2.45, 2.75) is 0 Å². The fourth-order valence-corrected chi connectivity index (χ4v) is 1.90. The van der Waals surface area contributed by atoms with Crippen LogP contribution < -0.4 is 5.32 Å². The highest BCUT2D eigenvalue weighted by atomic mass is 35.5. The van der Waals surface area contributed by atoms with Crippen molar-refractivity contribution in [2.75, 3.05) is 5.32 Å². The lowest BCUT2D eigenvalue weighted by atomic mass is 10.2. The molecule has 106 valence electrons. The Morgan fingerprint density at radius 3 is 1.90 bits per heavy atom. The van der Waals surface area contributed by atoms with Crippen molar-refractivity contribution in [3.05, 3.63) is 38.6 Å². The molecule has 1 heterocycles. The van der Waals surface area contributed by atoms with Crippen LogP contribution in [0.4, 0.5) is 27.6 Å². The number of hydrogen-bond donors (Lipinski definition) is 1. The van der Waals surface area contributed by atoms with E-state index in [0.29, 0.717) is 11.3 Å². The van der Waals surface area contributed by atoms with Crippen molar-refractivity contribution < 1.29 is 26.7 Å². The molecule has 11 heteroatoms. The van der Waals surface area contributed by atoms with Crippen LogP contribution >= 0.6 is 22.9 Å². The monoisotopic (exact) mass is 329 g/mol. The van der Waals surface area contributed by atoms with Crippen molar-refractivity contribution in [3.8, 4) is 0 Å². The molecule has 0 saturated heterocycles. The third-order valence-electron chi connectivity index (χ3n) is 2.04. The van der Waals surface area contributed by atoms with Gasteiger partial charge < -0.3 is 5.32 Å². The molecule has 2 rings (SSSR count). The maximum absolute atomic E-state index is 13.3. The molecule has 1 N–H and O–H groups in total. The van der Waals surface area contributed by atoms with E-state index in [9.17, 15) is 26.7 Å². The molecular formula is C9HClF5N3OS. The van der Waals surface area contributed by atoms with Gasteiger partial charge in [0.25, 0.3) is 5.91 Å². The highest BCUT2D eigenvalue weighted by Gasteiger charge is 2.27. The van der Waals surface area contributed by atoms with Crippen LogP contribution in [0.5, 0.6) is 0 Å². The molecule has 0 bridgehead atoms. The van der Waals surface area contributed by atoms with E-state index in [4.69, 9.17) is 11.6 Å². The molecule has 0 saturated carbocycles. The summed E-state index contributed by atoms with van der Waals surface area (Å²) in [6.07, 6.45) is 0. The number of carbonyl (C=O) groups excluding carboxylic acids is 1. The van der Waals surface area contributed by atoms with Gasteiger partial charge in [-0.05, 0) is 11.6 Å². The Bertz CT molecular complexity index is 678. The van der Waals surface area contributed by atoms with E-state index in [1.165, 1.54) is 5.32 Å². The first-order valence-electron chi connectivity index (χ1n) is 4.64. The molecule has 0 aliphatic carbocycles. The maximum Gasteiger partial charge on any atom is 0.286 e. The largest absolute Gasteiger partial charge is 0.315 e. The number of benzene rings is 1. The summed E-state index contributed by atoms with van der Waals surface area (Å²) in [5.41, 5.74) is -1.47. The summed E-state index contributed by atoms with van der Waals surface area (Å²) in [7, 11) is 0. The molecule has 0 radical (unpaired) electrons. The lowest BCUT2D eigenvalue weighted by Crippen LogP contribution is -2.16. The van der Waals surface area contributed by atoms with Gasteiger partial charge in [0.1, 0.15) is 5.69 Å². The van der Waals surface area contributed by atoms with Gasteiger partial charge in [-0.2, -0.15) is 0 Å². The topological polar surface area (TPSA) is 54.9 Å². The van der Waals surface area contributed by atoms with Crippen LogP contribution in [0.15, 0.2) is 0 Å². The number of aromatic nitrogens is 2. The van der Waals surface area contributed by atoms with Gasteiger partial charge in [0.2, 0.25) is 15.3 Å². The molecule has 1 aromatic heterocycles. The molecule has 0 aliphatic rings. The van der Waals surface area contributed by atoms with Crippen LogP contribution in [0.2, 0.25) is 4.47 Å². The minimum Gasteiger partial charge on any atom is -0.315 e. The van der Waals surface area contributed by atoms with Gasteiger partial charge in [-0.25, -0.2) is 22.0 Å². The number of nitrogens with one attached hydrogen (secondary N) is 1. The summed E-state index contributed by atoms with van der Waals surface area (Å²) in [5, 5.41) is 7.63. The Hall–Kier alpha value is -1.81. The smallest absolute Gasteiger partial charge is 0.286 e. The first-order chi connectivity index (χ1) is 9.32. The van der Waals surface area contributed by atoms with Gasteiger partial charge in [0, 0.05) is 0 Å². The molecule has 0 spiro atoms. The number of amides is 1. The molecule has 0 atom stereocenters. The molecular weight excluding hydrogens is 329 g/mol. The Morgan fingerprint density at radius 2 is 1.45 bits per heavy atom. The van der Waals surface area contributed by atoms with Crippen molar-refractivity contribution in [1.29, 1.82) is 0 Å². The summed E-state index contributed by atoms with van der Waals surface area (Å²) in [6.45, 7) is 0. The first-order valence-corrected chi connectivity index (χ1v) is 5.84. The Morgan fingerprint density at radius 1 is 0.950 bits per heavy atom. The number of carbonyl (C=O) groups is 1. The van der Waals surface area contributed by atoms with E-state index in [-0.39, 0.29) is 4.47 Å². The summed E-state index contributed by atoms with van der Waals surface area (Å²) >= 11 is 5.95. The molecule has 4 nitrogen and oxygen atoms in total. The average Bonchev–Trinajstić information content (AvgIpc) is 2.85. The zero-order chi connectivity index (χ0) is 15.0. The van der Waals surface area contributed by atoms with Crippen LogP contribution in [-0.2, 0) is 0 Å². The van der Waals surface area contributed by atoms with Gasteiger partial charge in [-0.1, -0.05) is 11.3 Å². The van der Waals surface area contributed by atoms with E-state index >= 15 is 0 Å². The Labute approximate surface area is 116 Å². The highest BCUT2D eigenvalue weighted by Crippen LogP contribution is 2.27. The summed E-state index contributed by atoms with van der Waals surface area (Å²) in [4.78, 5) is 11.5. The lowest BCUT2D eigenvalue weighted by molar-refractivity contribution is 0.102. The van der Waals surface area contributed by atoms with Gasteiger partial charge in [0.15, 0.2) is 23.3 Å². The third kappa shape index (κ3) is 2.43. The summed E-state index contributed by atoms with van der Waals surface area (Å²) in [5.74, 6) is -12.2. The standard InChI is InChI=1S/C9HClF5N3OS/c10-9-18-17-8(20-9)7(19)16-6-4(14)2(12)1(11)3(13)5(6)15/h(H,16,19). The van der Waals surface area contributed by atoms with Crippen LogP contribution in [0.1, 0.15) is 9.80 Å². The van der Waals surface area contributed by atoms with Crippen LogP contribution in [0.3, 0.4) is 0 Å². The van der Waals surface area contributed by atoms with Gasteiger partial charge in [0.05, 0.1) is 0 Å². The Balaban J connectivity index is 2.42. The number of nitrogens with zero attached hydrogens (tertiary/aromatic N) is 2. The lowest BCUT2D eigenvalue weighted by Gasteiger charge is -2.08. The number of rotatable bonds is 2. The van der Waals surface area contributed by atoms with Gasteiger partial charge in [-0.3, -0.25) is 4.79 Å². The summed E-state index contributed by atoms with van der Waals surface area (Å²) < 4.78 is 65.0. The average molecular weight is 330 g/mol. The van der Waals surface area contributed by atoms with Crippen LogP contribution in [-0.4, -0.2) is 16.1 Å². The molecule has 20 heavy (non-hydrogen) atoms. The maximum atomic E-state index is 13.3. The zero-order valence-electron chi connectivity index (χ0n) is 8.98. The molecule has 2 aromatic rings. The van der Waals surface area contributed by atoms with Crippen LogP contribution in [0, 0.1) is 29.1 Å². The number of halogens is 6. The van der Waals surface area contributed by atoms with Crippen molar-refractivity contribution in [3.63, 3.8) is 0 Å². The zero-order valence-corrected chi connectivity index (χ0v) is 10.6. The third-order valence-corrected chi connectivity index (χ3v) is 3.06. The van der Waals surface area contributed by atoms with E-state index in [1.807, 2.05) is 0 Å². The van der Waals surface area contributed by atoms with Gasteiger partial charge in [-0.15, -0.1) is 10.2 Å². The molecule has 0 unspecified atom stereocenters. The molecule has 0 aliphatic heterocycles. The first kappa shape index (κ1) is 14.6. The van der Waals surface area contributed by atoms with Crippen molar-refractivity contribution in [2.24, 2.45) is 0 Å². The predicted octanol–water partition coefficient (Wildman–Crippen LogP) is 3.14. The van der Waals surface area contributed by atoms with E-state index in [1.54, 1.807) is 0 Å². The normalized spacial score (nSPS) is 10.7. The number of hydrogen-bond acceptors (Lipinski definition) is 4. The highest BCUT2D eigenvalue weighted by molar-refractivity contribution is 7.17. The predicted molar refractivity (Wildman–Crippen MR) is 59.1 cm³/mol. The minimum atomic E-state index is -2.32. The van der Waals surface area contributed by atoms with E-state index in [0.717, 1.165) is 0 Å². The molecule has 1 amide bonds. The van der Waals surface area contributed by atoms with Crippen molar-refractivity contribution in [1.82, 2.24) is 10.2 Å². The number of anilines is 1. The second-order valence-corrected chi connectivity index (χ2v) is 4.82. The molecule has 1 aromatic carbocycles. The second-order valence-electron chi connectivity index (χ2n) is 3.26. The minimum absolute atomic E-state index is 0.132. The fourth-order valence-electron chi connectivity index (χ4n) is 1.18. The quantitative estimate of drug-likeness (QED) is 0.523. The van der Waals surface area contributed by atoms with E-state index in [2.05, 4.69) is 10.2 Å². The van der Waals surface area contributed by atoms with Crippen molar-refractivity contribution >= 4 is 34.5 Å². The van der Waals surface area contributed by atoms with E-state index < -0.39 is 45.7 Å². The fraction of sp³-hybridized carbons (Fsp3) is 0. The molecule has 0 fully saturated rings.